The van der Waals surface area contributed by atoms with Gasteiger partial charge in [-0.25, -0.2) is 0 Å². The van der Waals surface area contributed by atoms with Crippen molar-refractivity contribution in [2.45, 2.75) is 25.3 Å². The molecule has 1 aliphatic rings. The lowest BCUT2D eigenvalue weighted by molar-refractivity contribution is -0.540. The van der Waals surface area contributed by atoms with E-state index >= 15 is 0 Å². The summed E-state index contributed by atoms with van der Waals surface area (Å²) in [5.41, 5.74) is 0.795. The van der Waals surface area contributed by atoms with Gasteiger partial charge in [0.25, 0.3) is 0 Å². The van der Waals surface area contributed by atoms with Gasteiger partial charge in [-0.15, -0.1) is 0 Å². The monoisotopic (exact) mass is 307 g/mol. The van der Waals surface area contributed by atoms with Crippen LogP contribution in [0.2, 0.25) is 0 Å². The number of carbonyl (C=O) groups excluding carboxylic acids is 1. The Bertz CT molecular complexity index is 542. The Labute approximate surface area is 129 Å². The van der Waals surface area contributed by atoms with E-state index in [0.29, 0.717) is 5.75 Å². The van der Waals surface area contributed by atoms with Crippen LogP contribution in [0.5, 0.6) is 5.75 Å². The van der Waals surface area contributed by atoms with E-state index in [-0.39, 0.29) is 29.7 Å². The second kappa shape index (κ2) is 6.87. The normalized spacial score (nSPS) is 28.4. The summed E-state index contributed by atoms with van der Waals surface area (Å²) in [5.74, 6) is -0.450. The van der Waals surface area contributed by atoms with Crippen LogP contribution in [0.25, 0.3) is 0 Å². The first-order valence-corrected chi connectivity index (χ1v) is 7.28. The van der Waals surface area contributed by atoms with Crippen LogP contribution in [-0.4, -0.2) is 37.6 Å². The fourth-order valence-electron chi connectivity index (χ4n) is 3.26. The molecular formula is C16H21NO5. The van der Waals surface area contributed by atoms with Gasteiger partial charge in [0.1, 0.15) is 11.5 Å². The van der Waals surface area contributed by atoms with E-state index in [0.717, 1.165) is 5.56 Å². The number of carbonyl (C=O) groups is 1. The molecule has 4 atom stereocenters. The van der Waals surface area contributed by atoms with Gasteiger partial charge in [0.2, 0.25) is 6.04 Å². The maximum Gasteiger partial charge on any atom is 0.226 e. The average Bonchev–Trinajstić information content (AvgIpc) is 2.51. The largest absolute Gasteiger partial charge is 0.497 e. The van der Waals surface area contributed by atoms with Crippen LogP contribution in [0.1, 0.15) is 24.8 Å². The number of Topliss-reactive ketones (excluding diaryl/α,β-unsaturated/α-hetero) is 1. The molecule has 0 unspecified atom stereocenters. The molecule has 1 aromatic carbocycles. The molecular weight excluding hydrogens is 286 g/mol. The zero-order valence-corrected chi connectivity index (χ0v) is 13.0. The molecule has 1 fully saturated rings. The fourth-order valence-corrected chi connectivity index (χ4v) is 3.26. The zero-order chi connectivity index (χ0) is 16.3. The topological polar surface area (TPSA) is 78.7 Å². The SMILES string of the molecule is COC[C@@H]1[C@H]([N+](=O)[O-])[C@@H](c2ccc(OC)cc2)CC(=O)[C@@H]1C. The second-order valence-corrected chi connectivity index (χ2v) is 5.73. The van der Waals surface area contributed by atoms with Gasteiger partial charge in [-0.05, 0) is 17.7 Å². The lowest BCUT2D eigenvalue weighted by Crippen LogP contribution is -2.48. The van der Waals surface area contributed by atoms with Crippen molar-refractivity contribution in [3.05, 3.63) is 39.9 Å². The predicted molar refractivity (Wildman–Crippen MR) is 80.7 cm³/mol. The molecule has 0 N–H and O–H groups in total. The van der Waals surface area contributed by atoms with Crippen LogP contribution >= 0.6 is 0 Å². The summed E-state index contributed by atoms with van der Waals surface area (Å²) < 4.78 is 10.2. The van der Waals surface area contributed by atoms with Gasteiger partial charge >= 0.3 is 0 Å². The number of methoxy groups -OCH3 is 2. The van der Waals surface area contributed by atoms with Gasteiger partial charge in [0.05, 0.1) is 25.6 Å². The van der Waals surface area contributed by atoms with Crippen molar-refractivity contribution in [1.29, 1.82) is 0 Å². The van der Waals surface area contributed by atoms with Crippen LogP contribution < -0.4 is 4.74 Å². The summed E-state index contributed by atoms with van der Waals surface area (Å²) in [5, 5.41) is 11.6. The van der Waals surface area contributed by atoms with Gasteiger partial charge in [0.15, 0.2) is 0 Å². The summed E-state index contributed by atoms with van der Waals surface area (Å²) >= 11 is 0. The number of nitro groups is 1. The number of hydrogen-bond acceptors (Lipinski definition) is 5. The summed E-state index contributed by atoms with van der Waals surface area (Å²) in [6.45, 7) is 1.97. The molecule has 1 saturated carbocycles. The van der Waals surface area contributed by atoms with Gasteiger partial charge in [-0.1, -0.05) is 19.1 Å². The van der Waals surface area contributed by atoms with E-state index in [1.165, 1.54) is 7.11 Å². The van der Waals surface area contributed by atoms with Crippen LogP contribution in [0, 0.1) is 22.0 Å². The highest BCUT2D eigenvalue weighted by Gasteiger charge is 2.49. The summed E-state index contributed by atoms with van der Waals surface area (Å²) in [6, 6.07) is 6.31. The van der Waals surface area contributed by atoms with E-state index < -0.39 is 17.9 Å². The average molecular weight is 307 g/mol. The smallest absolute Gasteiger partial charge is 0.226 e. The maximum absolute atomic E-state index is 12.3. The first kappa shape index (κ1) is 16.4. The quantitative estimate of drug-likeness (QED) is 0.616. The van der Waals surface area contributed by atoms with Crippen molar-refractivity contribution in [2.75, 3.05) is 20.8 Å². The Hall–Kier alpha value is -1.95. The Morgan fingerprint density at radius 2 is 1.91 bits per heavy atom. The molecule has 6 nitrogen and oxygen atoms in total. The van der Waals surface area contributed by atoms with Crippen molar-refractivity contribution in [1.82, 2.24) is 0 Å². The third-order valence-corrected chi connectivity index (χ3v) is 4.57. The molecule has 0 aromatic heterocycles. The zero-order valence-electron chi connectivity index (χ0n) is 13.0. The Morgan fingerprint density at radius 1 is 1.27 bits per heavy atom. The fraction of sp³-hybridized carbons (Fsp3) is 0.562. The van der Waals surface area contributed by atoms with Crippen LogP contribution in [0.15, 0.2) is 24.3 Å². The van der Waals surface area contributed by atoms with Gasteiger partial charge in [-0.2, -0.15) is 0 Å². The van der Waals surface area contributed by atoms with E-state index in [2.05, 4.69) is 0 Å². The highest BCUT2D eigenvalue weighted by atomic mass is 16.6. The van der Waals surface area contributed by atoms with Crippen molar-refractivity contribution < 1.29 is 19.2 Å². The third-order valence-electron chi connectivity index (χ3n) is 4.57. The number of hydrogen-bond donors (Lipinski definition) is 0. The van der Waals surface area contributed by atoms with Crippen molar-refractivity contribution in [3.8, 4) is 5.75 Å². The van der Waals surface area contributed by atoms with Crippen LogP contribution in [0.3, 0.4) is 0 Å². The molecule has 0 radical (unpaired) electrons. The molecule has 0 spiro atoms. The third kappa shape index (κ3) is 3.11. The molecule has 6 heteroatoms. The Balaban J connectivity index is 2.37. The number of ketones is 1. The minimum atomic E-state index is -0.818. The molecule has 0 aliphatic heterocycles. The van der Waals surface area contributed by atoms with Crippen LogP contribution in [-0.2, 0) is 9.53 Å². The highest BCUT2D eigenvalue weighted by Crippen LogP contribution is 2.40. The van der Waals surface area contributed by atoms with Gasteiger partial charge in [-0.3, -0.25) is 14.9 Å². The lowest BCUT2D eigenvalue weighted by Gasteiger charge is -2.35. The lowest BCUT2D eigenvalue weighted by atomic mass is 9.68. The number of benzene rings is 1. The Kier molecular flexibility index (Phi) is 5.13. The van der Waals surface area contributed by atoms with E-state index in [1.807, 2.05) is 0 Å². The second-order valence-electron chi connectivity index (χ2n) is 5.73. The predicted octanol–water partition coefficient (Wildman–Crippen LogP) is 2.30. The summed E-state index contributed by atoms with van der Waals surface area (Å²) in [7, 11) is 3.07. The van der Waals surface area contributed by atoms with Crippen molar-refractivity contribution in [3.63, 3.8) is 0 Å². The minimum Gasteiger partial charge on any atom is -0.497 e. The van der Waals surface area contributed by atoms with Crippen molar-refractivity contribution >= 4 is 5.78 Å². The maximum atomic E-state index is 12.3. The van der Waals surface area contributed by atoms with E-state index in [1.54, 1.807) is 38.3 Å². The molecule has 0 saturated heterocycles. The molecule has 1 aromatic rings. The van der Waals surface area contributed by atoms with E-state index in [4.69, 9.17) is 9.47 Å². The molecule has 0 heterocycles. The number of rotatable bonds is 5. The first-order chi connectivity index (χ1) is 10.5. The van der Waals surface area contributed by atoms with Crippen LogP contribution in [0.4, 0.5) is 0 Å². The number of ether oxygens (including phenoxy) is 2. The first-order valence-electron chi connectivity index (χ1n) is 7.28. The molecule has 120 valence electrons. The molecule has 2 rings (SSSR count). The molecule has 1 aliphatic carbocycles. The number of nitrogens with zero attached hydrogens (tertiary/aromatic N) is 1. The highest BCUT2D eigenvalue weighted by molar-refractivity contribution is 5.83. The summed E-state index contributed by atoms with van der Waals surface area (Å²) in [6.07, 6.45) is 0.194. The molecule has 0 amide bonds. The minimum absolute atomic E-state index is 0.0565. The van der Waals surface area contributed by atoms with Crippen molar-refractivity contribution in [2.24, 2.45) is 11.8 Å². The molecule has 0 bridgehead atoms. The van der Waals surface area contributed by atoms with Gasteiger partial charge in [0, 0.05) is 24.4 Å². The summed E-state index contributed by atoms with van der Waals surface area (Å²) in [4.78, 5) is 23.6. The van der Waals surface area contributed by atoms with E-state index in [9.17, 15) is 14.9 Å². The Morgan fingerprint density at radius 3 is 2.41 bits per heavy atom. The van der Waals surface area contributed by atoms with Gasteiger partial charge < -0.3 is 9.47 Å². The standard InChI is InChI=1S/C16H21NO5/c1-10-14(9-21-2)16(17(19)20)13(8-15(10)18)11-4-6-12(22-3)7-5-11/h4-7,10,13-14,16H,8-9H2,1-3H3/t10-,13-,14+,16-/m1/s1. The molecule has 22 heavy (non-hydrogen) atoms.